The molecule has 1 heteroatoms. The van der Waals surface area contributed by atoms with Crippen LogP contribution in [0.1, 0.15) is 20.8 Å². The molecule has 0 bridgehead atoms. The molecule has 0 spiro atoms. The van der Waals surface area contributed by atoms with E-state index in [4.69, 9.17) is 0 Å². The van der Waals surface area contributed by atoms with Gasteiger partial charge in [0.15, 0.2) is 0 Å². The molecular formula is C10H17N. The molecule has 0 aliphatic carbocycles. The van der Waals surface area contributed by atoms with Crippen LogP contribution in [0.25, 0.3) is 0 Å². The summed E-state index contributed by atoms with van der Waals surface area (Å²) in [6.45, 7) is 9.90. The Morgan fingerprint density at radius 2 is 1.73 bits per heavy atom. The zero-order chi connectivity index (χ0) is 8.85. The van der Waals surface area contributed by atoms with E-state index in [1.165, 1.54) is 11.3 Å². The molecule has 0 aromatic rings. The lowest BCUT2D eigenvalue weighted by Crippen LogP contribution is -2.01. The number of allylic oxidation sites excluding steroid dienone is 5. The molecule has 0 atom stereocenters. The summed E-state index contributed by atoms with van der Waals surface area (Å²) in [7, 11) is 1.92. The maximum atomic E-state index is 3.80. The fraction of sp³-hybridized carbons (Fsp3) is 0.400. The second-order valence-corrected chi connectivity index (χ2v) is 2.81. The Kier molecular flexibility index (Phi) is 4.35. The molecule has 0 saturated heterocycles. The van der Waals surface area contributed by atoms with Gasteiger partial charge in [-0.15, -0.1) is 0 Å². The first-order chi connectivity index (χ1) is 5.06. The highest BCUT2D eigenvalue weighted by molar-refractivity contribution is 5.27. The summed E-state index contributed by atoms with van der Waals surface area (Å²) < 4.78 is 0. The van der Waals surface area contributed by atoms with Crippen molar-refractivity contribution in [2.24, 2.45) is 0 Å². The molecule has 0 fully saturated rings. The minimum Gasteiger partial charge on any atom is -0.392 e. The van der Waals surface area contributed by atoms with Crippen molar-refractivity contribution in [1.82, 2.24) is 5.32 Å². The van der Waals surface area contributed by atoms with Crippen molar-refractivity contribution in [3.8, 4) is 0 Å². The molecule has 0 aromatic heterocycles. The Labute approximate surface area is 69.5 Å². The van der Waals surface area contributed by atoms with Crippen molar-refractivity contribution in [2.45, 2.75) is 20.8 Å². The van der Waals surface area contributed by atoms with E-state index < -0.39 is 0 Å². The fourth-order valence-electron chi connectivity index (χ4n) is 0.844. The molecule has 0 unspecified atom stereocenters. The first-order valence-corrected chi connectivity index (χ1v) is 3.76. The van der Waals surface area contributed by atoms with Crippen molar-refractivity contribution in [2.75, 3.05) is 7.05 Å². The van der Waals surface area contributed by atoms with Crippen LogP contribution >= 0.6 is 0 Å². The number of nitrogens with one attached hydrogen (secondary N) is 1. The average molecular weight is 151 g/mol. The quantitative estimate of drug-likeness (QED) is 0.611. The Bertz CT molecular complexity index is 197. The third-order valence-corrected chi connectivity index (χ3v) is 1.31. The number of rotatable bonds is 3. The normalized spacial score (nSPS) is 13.1. The highest BCUT2D eigenvalue weighted by Crippen LogP contribution is 2.02. The molecule has 0 aromatic carbocycles. The SMILES string of the molecule is C=C(C)/C=C(C)\C=C(/C)NC. The van der Waals surface area contributed by atoms with Crippen LogP contribution < -0.4 is 5.32 Å². The van der Waals surface area contributed by atoms with Crippen LogP contribution in [-0.4, -0.2) is 7.05 Å². The van der Waals surface area contributed by atoms with Gasteiger partial charge >= 0.3 is 0 Å². The molecular weight excluding hydrogens is 134 g/mol. The molecule has 0 amide bonds. The van der Waals surface area contributed by atoms with Gasteiger partial charge in [-0.1, -0.05) is 18.2 Å². The van der Waals surface area contributed by atoms with Crippen LogP contribution in [0.2, 0.25) is 0 Å². The van der Waals surface area contributed by atoms with Gasteiger partial charge < -0.3 is 5.32 Å². The standard InChI is InChI=1S/C10H17N/c1-8(2)6-9(3)7-10(4)11-5/h6-7,11H,1H2,2-5H3/b9-6-,10-7+. The molecule has 11 heavy (non-hydrogen) atoms. The van der Waals surface area contributed by atoms with E-state index in [-0.39, 0.29) is 0 Å². The van der Waals surface area contributed by atoms with Gasteiger partial charge in [-0.05, 0) is 32.4 Å². The molecule has 1 N–H and O–H groups in total. The zero-order valence-electron chi connectivity index (χ0n) is 7.86. The average Bonchev–Trinajstić information content (AvgIpc) is 1.85. The number of hydrogen-bond acceptors (Lipinski definition) is 1. The van der Waals surface area contributed by atoms with Crippen molar-refractivity contribution >= 4 is 0 Å². The van der Waals surface area contributed by atoms with Gasteiger partial charge in [-0.2, -0.15) is 0 Å². The van der Waals surface area contributed by atoms with Crippen molar-refractivity contribution in [3.63, 3.8) is 0 Å². The van der Waals surface area contributed by atoms with E-state index in [1.807, 2.05) is 20.9 Å². The summed E-state index contributed by atoms with van der Waals surface area (Å²) in [5, 5.41) is 3.06. The van der Waals surface area contributed by atoms with Crippen LogP contribution in [0.5, 0.6) is 0 Å². The molecule has 0 aliphatic heterocycles. The monoisotopic (exact) mass is 151 g/mol. The summed E-state index contributed by atoms with van der Waals surface area (Å²) in [6, 6.07) is 0. The summed E-state index contributed by atoms with van der Waals surface area (Å²) in [6.07, 6.45) is 4.15. The second kappa shape index (κ2) is 4.78. The maximum Gasteiger partial charge on any atom is 0.00750 e. The van der Waals surface area contributed by atoms with Crippen molar-refractivity contribution in [3.05, 3.63) is 35.6 Å². The van der Waals surface area contributed by atoms with Crippen LogP contribution in [0.15, 0.2) is 35.6 Å². The molecule has 0 radical (unpaired) electrons. The molecule has 0 heterocycles. The lowest BCUT2D eigenvalue weighted by molar-refractivity contribution is 0.986. The first-order valence-electron chi connectivity index (χ1n) is 3.76. The highest BCUT2D eigenvalue weighted by atomic mass is 14.8. The summed E-state index contributed by atoms with van der Waals surface area (Å²) >= 11 is 0. The topological polar surface area (TPSA) is 12.0 Å². The van der Waals surface area contributed by atoms with Crippen LogP contribution in [0, 0.1) is 0 Å². The largest absolute Gasteiger partial charge is 0.392 e. The van der Waals surface area contributed by atoms with Gasteiger partial charge in [0.05, 0.1) is 0 Å². The van der Waals surface area contributed by atoms with Crippen molar-refractivity contribution < 1.29 is 0 Å². The summed E-state index contributed by atoms with van der Waals surface area (Å²) in [5.41, 5.74) is 3.48. The van der Waals surface area contributed by atoms with Crippen LogP contribution in [0.4, 0.5) is 0 Å². The molecule has 62 valence electrons. The molecule has 0 aliphatic rings. The van der Waals surface area contributed by atoms with E-state index >= 15 is 0 Å². The third-order valence-electron chi connectivity index (χ3n) is 1.31. The Hall–Kier alpha value is -0.980. The van der Waals surface area contributed by atoms with E-state index in [2.05, 4.69) is 31.0 Å². The predicted molar refractivity (Wildman–Crippen MR) is 51.4 cm³/mol. The second-order valence-electron chi connectivity index (χ2n) is 2.81. The van der Waals surface area contributed by atoms with Gasteiger partial charge in [0.1, 0.15) is 0 Å². The minimum absolute atomic E-state index is 1.09. The maximum absolute atomic E-state index is 3.80. The lowest BCUT2D eigenvalue weighted by Gasteiger charge is -1.98. The highest BCUT2D eigenvalue weighted by Gasteiger charge is 1.85. The van der Waals surface area contributed by atoms with Gasteiger partial charge in [0.2, 0.25) is 0 Å². The van der Waals surface area contributed by atoms with Gasteiger partial charge in [-0.25, -0.2) is 0 Å². The number of hydrogen-bond donors (Lipinski definition) is 1. The zero-order valence-corrected chi connectivity index (χ0v) is 7.86. The fourth-order valence-corrected chi connectivity index (χ4v) is 0.844. The van der Waals surface area contributed by atoms with Gasteiger partial charge in [-0.3, -0.25) is 0 Å². The van der Waals surface area contributed by atoms with E-state index in [0.29, 0.717) is 0 Å². The Morgan fingerprint density at radius 1 is 1.18 bits per heavy atom. The third kappa shape index (κ3) is 5.46. The Balaban J connectivity index is 4.26. The molecule has 1 nitrogen and oxygen atoms in total. The lowest BCUT2D eigenvalue weighted by atomic mass is 10.2. The Morgan fingerprint density at radius 3 is 2.09 bits per heavy atom. The van der Waals surface area contributed by atoms with Gasteiger partial charge in [0.25, 0.3) is 0 Å². The van der Waals surface area contributed by atoms with Crippen LogP contribution in [-0.2, 0) is 0 Å². The smallest absolute Gasteiger partial charge is 0.00750 e. The molecule has 0 rings (SSSR count). The van der Waals surface area contributed by atoms with E-state index in [0.717, 1.165) is 5.57 Å². The van der Waals surface area contributed by atoms with E-state index in [9.17, 15) is 0 Å². The van der Waals surface area contributed by atoms with Crippen molar-refractivity contribution in [1.29, 1.82) is 0 Å². The minimum atomic E-state index is 1.09. The first kappa shape index (κ1) is 10.0. The molecule has 0 saturated carbocycles. The van der Waals surface area contributed by atoms with Gasteiger partial charge in [0, 0.05) is 12.7 Å². The summed E-state index contributed by atoms with van der Waals surface area (Å²) in [4.78, 5) is 0. The van der Waals surface area contributed by atoms with E-state index in [1.54, 1.807) is 0 Å². The summed E-state index contributed by atoms with van der Waals surface area (Å²) in [5.74, 6) is 0. The van der Waals surface area contributed by atoms with Crippen LogP contribution in [0.3, 0.4) is 0 Å². The predicted octanol–water partition coefficient (Wildman–Crippen LogP) is 2.63.